The summed E-state index contributed by atoms with van der Waals surface area (Å²) in [5.41, 5.74) is 4.43. The van der Waals surface area contributed by atoms with Crippen LogP contribution in [0.15, 0.2) is 51.9 Å². The molecule has 1 aliphatic carbocycles. The Balaban J connectivity index is 1.42. The first-order valence-corrected chi connectivity index (χ1v) is 9.87. The molecule has 5 nitrogen and oxygen atoms in total. The topological polar surface area (TPSA) is 55.6 Å². The minimum absolute atomic E-state index is 0.101. The number of hydrogen-bond acceptors (Lipinski definition) is 5. The van der Waals surface area contributed by atoms with Gasteiger partial charge in [-0.1, -0.05) is 23.4 Å². The van der Waals surface area contributed by atoms with Gasteiger partial charge in [-0.25, -0.2) is 0 Å². The van der Waals surface area contributed by atoms with E-state index in [0.717, 1.165) is 37.2 Å². The molecule has 28 heavy (non-hydrogen) atoms. The highest BCUT2D eigenvalue weighted by Gasteiger charge is 2.23. The second kappa shape index (κ2) is 8.15. The van der Waals surface area contributed by atoms with Gasteiger partial charge < -0.3 is 14.2 Å². The summed E-state index contributed by atoms with van der Waals surface area (Å²) in [5.74, 6) is 1.57. The highest BCUT2D eigenvalue weighted by molar-refractivity contribution is 5.76. The number of fused-ring (bicyclic) bond motifs is 2. The highest BCUT2D eigenvalue weighted by Crippen LogP contribution is 2.36. The number of benzene rings is 2. The molecule has 0 saturated heterocycles. The van der Waals surface area contributed by atoms with Crippen LogP contribution in [0.2, 0.25) is 0 Å². The molecule has 1 heterocycles. The maximum absolute atomic E-state index is 11.8. The van der Waals surface area contributed by atoms with Gasteiger partial charge in [0.05, 0.1) is 12.5 Å². The van der Waals surface area contributed by atoms with Crippen molar-refractivity contribution in [2.75, 3.05) is 27.2 Å². The van der Waals surface area contributed by atoms with Gasteiger partial charge in [0.1, 0.15) is 11.9 Å². The minimum Gasteiger partial charge on any atom is -0.496 e. The third kappa shape index (κ3) is 3.80. The summed E-state index contributed by atoms with van der Waals surface area (Å²) >= 11 is 0. The molecule has 1 unspecified atom stereocenters. The van der Waals surface area contributed by atoms with Crippen molar-refractivity contribution < 1.29 is 9.26 Å². The summed E-state index contributed by atoms with van der Waals surface area (Å²) in [6.45, 7) is 1.98. The second-order valence-electron chi connectivity index (χ2n) is 7.65. The zero-order chi connectivity index (χ0) is 19.5. The smallest absolute Gasteiger partial charge is 0.211 e. The van der Waals surface area contributed by atoms with Gasteiger partial charge in [-0.05, 0) is 73.5 Å². The standard InChI is InChI=1S/C23H26N2O3/c1-25(12-11-16-9-10-20-21(26)14-24-28-23(20)13-16)15-17-5-3-7-19-18(17)6-4-8-22(19)27-2/h4,6,8-10,13-14,17H,3,5,7,11-12,15H2,1-2H3. The van der Waals surface area contributed by atoms with E-state index >= 15 is 0 Å². The van der Waals surface area contributed by atoms with Crippen LogP contribution < -0.4 is 10.2 Å². The third-order valence-electron chi connectivity index (χ3n) is 5.76. The lowest BCUT2D eigenvalue weighted by Gasteiger charge is -2.30. The molecule has 0 radical (unpaired) electrons. The molecule has 0 amide bonds. The van der Waals surface area contributed by atoms with Gasteiger partial charge in [0.15, 0.2) is 5.58 Å². The van der Waals surface area contributed by atoms with E-state index in [1.54, 1.807) is 7.11 Å². The molecule has 1 aromatic heterocycles. The summed E-state index contributed by atoms with van der Waals surface area (Å²) in [5, 5.41) is 4.24. The van der Waals surface area contributed by atoms with Gasteiger partial charge in [-0.2, -0.15) is 0 Å². The van der Waals surface area contributed by atoms with E-state index in [1.165, 1.54) is 30.2 Å². The number of ether oxygens (including phenoxy) is 1. The quantitative estimate of drug-likeness (QED) is 0.653. The Hall–Kier alpha value is -2.66. The van der Waals surface area contributed by atoms with E-state index < -0.39 is 0 Å². The Kier molecular flexibility index (Phi) is 5.44. The Morgan fingerprint density at radius 3 is 3.04 bits per heavy atom. The van der Waals surface area contributed by atoms with Gasteiger partial charge in [0.25, 0.3) is 0 Å². The lowest BCUT2D eigenvalue weighted by Crippen LogP contribution is -2.28. The van der Waals surface area contributed by atoms with Crippen molar-refractivity contribution >= 4 is 11.0 Å². The third-order valence-corrected chi connectivity index (χ3v) is 5.76. The van der Waals surface area contributed by atoms with Crippen molar-refractivity contribution in [1.29, 1.82) is 0 Å². The molecule has 146 valence electrons. The molecule has 1 aliphatic rings. The largest absolute Gasteiger partial charge is 0.496 e. The van der Waals surface area contributed by atoms with Crippen molar-refractivity contribution in [2.24, 2.45) is 0 Å². The van der Waals surface area contributed by atoms with Crippen molar-refractivity contribution in [3.63, 3.8) is 0 Å². The van der Waals surface area contributed by atoms with Crippen LogP contribution in [0, 0.1) is 0 Å². The zero-order valence-corrected chi connectivity index (χ0v) is 16.5. The van der Waals surface area contributed by atoms with Gasteiger partial charge in [0.2, 0.25) is 5.43 Å². The van der Waals surface area contributed by atoms with E-state index in [9.17, 15) is 4.79 Å². The predicted molar refractivity (Wildman–Crippen MR) is 110 cm³/mol. The summed E-state index contributed by atoms with van der Waals surface area (Å²) in [7, 11) is 3.93. The monoisotopic (exact) mass is 378 g/mol. The minimum atomic E-state index is -0.101. The molecule has 0 fully saturated rings. The zero-order valence-electron chi connectivity index (χ0n) is 16.5. The Labute approximate surface area is 164 Å². The Morgan fingerprint density at radius 2 is 2.18 bits per heavy atom. The van der Waals surface area contributed by atoms with E-state index in [0.29, 0.717) is 16.9 Å². The molecule has 5 heteroatoms. The van der Waals surface area contributed by atoms with Crippen molar-refractivity contribution in [3.8, 4) is 5.75 Å². The van der Waals surface area contributed by atoms with Gasteiger partial charge in [-0.3, -0.25) is 4.79 Å². The van der Waals surface area contributed by atoms with Crippen LogP contribution in [0.25, 0.3) is 11.0 Å². The molecule has 0 aliphatic heterocycles. The number of likely N-dealkylation sites (N-methyl/N-ethyl adjacent to an activating group) is 1. The maximum Gasteiger partial charge on any atom is 0.211 e. The van der Waals surface area contributed by atoms with Crippen LogP contribution in [-0.4, -0.2) is 37.3 Å². The van der Waals surface area contributed by atoms with E-state index in [2.05, 4.69) is 35.3 Å². The molecule has 4 rings (SSSR count). The number of nitrogens with zero attached hydrogens (tertiary/aromatic N) is 2. The fraction of sp³-hybridized carbons (Fsp3) is 0.391. The Bertz CT molecular complexity index is 1030. The highest BCUT2D eigenvalue weighted by atomic mass is 16.5. The normalized spacial score (nSPS) is 16.3. The van der Waals surface area contributed by atoms with Crippen LogP contribution in [0.5, 0.6) is 5.75 Å². The molecular weight excluding hydrogens is 352 g/mol. The fourth-order valence-corrected chi connectivity index (χ4v) is 4.28. The second-order valence-corrected chi connectivity index (χ2v) is 7.65. The van der Waals surface area contributed by atoms with E-state index in [1.807, 2.05) is 18.2 Å². The van der Waals surface area contributed by atoms with Crippen molar-refractivity contribution in [2.45, 2.75) is 31.6 Å². The maximum atomic E-state index is 11.8. The van der Waals surface area contributed by atoms with E-state index in [4.69, 9.17) is 9.26 Å². The molecule has 1 atom stereocenters. The van der Waals surface area contributed by atoms with E-state index in [-0.39, 0.29) is 5.43 Å². The fourth-order valence-electron chi connectivity index (χ4n) is 4.28. The van der Waals surface area contributed by atoms with Gasteiger partial charge >= 0.3 is 0 Å². The van der Waals surface area contributed by atoms with Gasteiger partial charge in [-0.15, -0.1) is 0 Å². The average Bonchev–Trinajstić information content (AvgIpc) is 2.72. The molecule has 3 aromatic rings. The molecule has 0 bridgehead atoms. The van der Waals surface area contributed by atoms with Crippen LogP contribution in [0.3, 0.4) is 0 Å². The number of rotatable bonds is 6. The lowest BCUT2D eigenvalue weighted by molar-refractivity contribution is 0.299. The number of hydrogen-bond donors (Lipinski definition) is 0. The van der Waals surface area contributed by atoms with Crippen LogP contribution in [-0.2, 0) is 12.8 Å². The van der Waals surface area contributed by atoms with Crippen molar-refractivity contribution in [1.82, 2.24) is 10.1 Å². The lowest BCUT2D eigenvalue weighted by atomic mass is 9.82. The van der Waals surface area contributed by atoms with Crippen LogP contribution >= 0.6 is 0 Å². The molecule has 0 spiro atoms. The summed E-state index contributed by atoms with van der Waals surface area (Å²) < 4.78 is 10.8. The van der Waals surface area contributed by atoms with Gasteiger partial charge in [0, 0.05) is 13.1 Å². The molecule has 0 N–H and O–H groups in total. The first-order valence-electron chi connectivity index (χ1n) is 9.87. The average molecular weight is 378 g/mol. The van der Waals surface area contributed by atoms with Crippen LogP contribution in [0.4, 0.5) is 0 Å². The SMILES string of the molecule is COc1cccc2c1CCCC2CN(C)CCc1ccc2c(=O)cnoc2c1. The van der Waals surface area contributed by atoms with Crippen LogP contribution in [0.1, 0.15) is 35.4 Å². The van der Waals surface area contributed by atoms with Crippen molar-refractivity contribution in [3.05, 3.63) is 69.5 Å². The Morgan fingerprint density at radius 1 is 1.29 bits per heavy atom. The summed E-state index contributed by atoms with van der Waals surface area (Å²) in [6, 6.07) is 12.2. The number of methoxy groups -OCH3 is 1. The number of aromatic nitrogens is 1. The summed E-state index contributed by atoms with van der Waals surface area (Å²) in [6.07, 6.45) is 5.66. The predicted octanol–water partition coefficient (Wildman–Crippen LogP) is 3.79. The summed E-state index contributed by atoms with van der Waals surface area (Å²) in [4.78, 5) is 14.2. The molecule has 2 aromatic carbocycles. The molecular formula is C23H26N2O3. The first kappa shape index (κ1) is 18.7. The first-order chi connectivity index (χ1) is 13.7. The molecule has 0 saturated carbocycles.